The maximum absolute atomic E-state index is 13.1. The Hall–Kier alpha value is -4.31. The number of imidazole rings is 2. The number of ether oxygens (including phenoxy) is 2. The number of aromatic nitrogens is 5. The van der Waals surface area contributed by atoms with E-state index < -0.39 is 17.4 Å². The van der Waals surface area contributed by atoms with Crippen LogP contribution >= 0.6 is 0 Å². The summed E-state index contributed by atoms with van der Waals surface area (Å²) in [6, 6.07) is 14.8. The Morgan fingerprint density at radius 1 is 0.971 bits per heavy atom. The van der Waals surface area contributed by atoms with Gasteiger partial charge in [-0.25, -0.2) is 4.79 Å². The van der Waals surface area contributed by atoms with Crippen molar-refractivity contribution in [1.29, 1.82) is 0 Å². The normalized spacial score (nSPS) is 12.4. The van der Waals surface area contributed by atoms with Crippen LogP contribution in [-0.2, 0) is 20.6 Å². The van der Waals surface area contributed by atoms with E-state index in [1.54, 1.807) is 37.9 Å². The molecule has 3 heterocycles. The van der Waals surface area contributed by atoms with Crippen LogP contribution in [0.25, 0.3) is 28.2 Å². The Balaban J connectivity index is 1.80. The summed E-state index contributed by atoms with van der Waals surface area (Å²) in [5, 5.41) is 11.1. The van der Waals surface area contributed by atoms with E-state index in [0.717, 1.165) is 15.7 Å². The van der Waals surface area contributed by atoms with Crippen molar-refractivity contribution < 1.29 is 14.6 Å². The van der Waals surface area contributed by atoms with Crippen LogP contribution in [0, 0.1) is 0 Å². The van der Waals surface area contributed by atoms with Gasteiger partial charge in [-0.05, 0) is 23.8 Å². The van der Waals surface area contributed by atoms with Crippen LogP contribution in [0.15, 0.2) is 64.3 Å². The fourth-order valence-electron chi connectivity index (χ4n) is 4.37. The predicted molar refractivity (Wildman–Crippen MR) is 131 cm³/mol. The van der Waals surface area contributed by atoms with Crippen molar-refractivity contribution in [2.75, 3.05) is 14.2 Å². The first-order chi connectivity index (χ1) is 16.8. The molecular formula is C25H25N5O5. The summed E-state index contributed by atoms with van der Waals surface area (Å²) in [7, 11) is 6.14. The fourth-order valence-corrected chi connectivity index (χ4v) is 4.37. The van der Waals surface area contributed by atoms with E-state index in [1.807, 2.05) is 47.0 Å². The van der Waals surface area contributed by atoms with Crippen LogP contribution in [0.4, 0.5) is 0 Å². The number of aliphatic hydroxyl groups excluding tert-OH is 1. The van der Waals surface area contributed by atoms with Gasteiger partial charge in [-0.2, -0.15) is 4.98 Å². The molecule has 3 aromatic heterocycles. The molecule has 10 heteroatoms. The van der Waals surface area contributed by atoms with Crippen LogP contribution in [0.5, 0.6) is 11.5 Å². The van der Waals surface area contributed by atoms with Crippen LogP contribution < -0.4 is 20.7 Å². The maximum Gasteiger partial charge on any atom is 0.332 e. The third-order valence-corrected chi connectivity index (χ3v) is 6.28. The first-order valence-electron chi connectivity index (χ1n) is 11.0. The summed E-state index contributed by atoms with van der Waals surface area (Å²) < 4.78 is 16.8. The molecule has 0 fully saturated rings. The Bertz CT molecular complexity index is 1680. The van der Waals surface area contributed by atoms with Crippen molar-refractivity contribution in [2.24, 2.45) is 14.1 Å². The van der Waals surface area contributed by atoms with Crippen LogP contribution in [0.3, 0.4) is 0 Å². The van der Waals surface area contributed by atoms with E-state index in [4.69, 9.17) is 9.47 Å². The summed E-state index contributed by atoms with van der Waals surface area (Å²) in [4.78, 5) is 30.2. The molecule has 0 aliphatic heterocycles. The molecule has 0 saturated carbocycles. The van der Waals surface area contributed by atoms with Crippen LogP contribution in [0.2, 0.25) is 0 Å². The zero-order valence-corrected chi connectivity index (χ0v) is 19.8. The molecule has 35 heavy (non-hydrogen) atoms. The predicted octanol–water partition coefficient (Wildman–Crippen LogP) is 2.10. The highest BCUT2D eigenvalue weighted by molar-refractivity contribution is 5.78. The van der Waals surface area contributed by atoms with Crippen LogP contribution in [-0.4, -0.2) is 42.4 Å². The van der Waals surface area contributed by atoms with Gasteiger partial charge in [0.25, 0.3) is 5.56 Å². The van der Waals surface area contributed by atoms with Crippen molar-refractivity contribution in [3.05, 3.63) is 81.1 Å². The molecule has 1 atom stereocenters. The molecule has 0 unspecified atom stereocenters. The minimum Gasteiger partial charge on any atom is -0.493 e. The highest BCUT2D eigenvalue weighted by Gasteiger charge is 2.23. The summed E-state index contributed by atoms with van der Waals surface area (Å²) in [5.74, 6) is 1.55. The topological polar surface area (TPSA) is 105 Å². The lowest BCUT2D eigenvalue weighted by Crippen LogP contribution is -2.37. The molecule has 0 radical (unpaired) electrons. The lowest BCUT2D eigenvalue weighted by atomic mass is 10.1. The van der Waals surface area contributed by atoms with Crippen molar-refractivity contribution >= 4 is 16.9 Å². The average molecular weight is 476 g/mol. The second kappa shape index (κ2) is 8.48. The van der Waals surface area contributed by atoms with Gasteiger partial charge in [-0.3, -0.25) is 18.3 Å². The Morgan fingerprint density at radius 3 is 2.37 bits per heavy atom. The average Bonchev–Trinajstić information content (AvgIpc) is 3.43. The zero-order valence-electron chi connectivity index (χ0n) is 19.8. The van der Waals surface area contributed by atoms with Gasteiger partial charge >= 0.3 is 5.69 Å². The molecule has 0 bridgehead atoms. The van der Waals surface area contributed by atoms with Gasteiger partial charge in [-0.15, -0.1) is 0 Å². The number of benzene rings is 2. The van der Waals surface area contributed by atoms with E-state index in [1.165, 1.54) is 11.6 Å². The number of fused-ring (bicyclic) bond motifs is 3. The first kappa shape index (κ1) is 22.5. The number of aliphatic hydroxyl groups is 1. The monoisotopic (exact) mass is 475 g/mol. The SMILES string of the molecule is COc1ccc(-c2cn3c4c(=O)n(C)c(=O)n(C)c4nc3n2C[C@@H](O)c2ccccc2)cc1OC. The highest BCUT2D eigenvalue weighted by atomic mass is 16.5. The Kier molecular flexibility index (Phi) is 5.45. The van der Waals surface area contributed by atoms with Gasteiger partial charge in [0, 0.05) is 25.9 Å². The number of methoxy groups -OCH3 is 2. The third kappa shape index (κ3) is 3.50. The quantitative estimate of drug-likeness (QED) is 0.403. The van der Waals surface area contributed by atoms with E-state index in [0.29, 0.717) is 23.0 Å². The van der Waals surface area contributed by atoms with Crippen molar-refractivity contribution in [1.82, 2.24) is 23.1 Å². The van der Waals surface area contributed by atoms with Gasteiger partial charge in [-0.1, -0.05) is 30.3 Å². The Morgan fingerprint density at radius 2 is 1.69 bits per heavy atom. The summed E-state index contributed by atoms with van der Waals surface area (Å²) in [6.07, 6.45) is 0.952. The number of rotatable bonds is 6. The van der Waals surface area contributed by atoms with Crippen molar-refractivity contribution in [2.45, 2.75) is 12.6 Å². The summed E-state index contributed by atoms with van der Waals surface area (Å²) >= 11 is 0. The largest absolute Gasteiger partial charge is 0.493 e. The molecule has 5 aromatic rings. The minimum atomic E-state index is -0.835. The first-order valence-corrected chi connectivity index (χ1v) is 11.0. The fraction of sp³-hybridized carbons (Fsp3) is 0.240. The standard InChI is InChI=1S/C25H25N5O5/c1-27-22-21(23(32)28(2)25(27)33)30-13-17(16-10-11-19(34-3)20(12-16)35-4)29(24(30)26-22)14-18(31)15-8-6-5-7-9-15/h5-13,18,31H,14H2,1-4H3/t18-/m1/s1. The second-order valence-corrected chi connectivity index (χ2v) is 8.28. The number of hydrogen-bond donors (Lipinski definition) is 1. The number of hydrogen-bond acceptors (Lipinski definition) is 6. The molecule has 0 spiro atoms. The molecular weight excluding hydrogens is 450 g/mol. The van der Waals surface area contributed by atoms with Gasteiger partial charge in [0.1, 0.15) is 0 Å². The lowest BCUT2D eigenvalue weighted by Gasteiger charge is -2.16. The summed E-state index contributed by atoms with van der Waals surface area (Å²) in [5.41, 5.74) is 1.88. The van der Waals surface area contributed by atoms with Gasteiger partial charge in [0.2, 0.25) is 5.78 Å². The molecule has 2 aromatic carbocycles. The molecule has 0 amide bonds. The maximum atomic E-state index is 13.1. The highest BCUT2D eigenvalue weighted by Crippen LogP contribution is 2.34. The van der Waals surface area contributed by atoms with Crippen LogP contribution in [0.1, 0.15) is 11.7 Å². The van der Waals surface area contributed by atoms with E-state index in [2.05, 4.69) is 4.98 Å². The van der Waals surface area contributed by atoms with Gasteiger partial charge < -0.3 is 19.1 Å². The smallest absolute Gasteiger partial charge is 0.332 e. The van der Waals surface area contributed by atoms with E-state index in [-0.39, 0.29) is 17.7 Å². The third-order valence-electron chi connectivity index (χ3n) is 6.28. The molecule has 0 aliphatic carbocycles. The van der Waals surface area contributed by atoms with Crippen molar-refractivity contribution in [3.8, 4) is 22.8 Å². The number of nitrogens with zero attached hydrogens (tertiary/aromatic N) is 5. The molecule has 10 nitrogen and oxygen atoms in total. The molecule has 180 valence electrons. The molecule has 0 saturated heterocycles. The van der Waals surface area contributed by atoms with Crippen molar-refractivity contribution in [3.63, 3.8) is 0 Å². The summed E-state index contributed by atoms with van der Waals surface area (Å²) in [6.45, 7) is 0.168. The number of aryl methyl sites for hydroxylation is 1. The molecule has 5 rings (SSSR count). The zero-order chi connectivity index (χ0) is 24.9. The van der Waals surface area contributed by atoms with Gasteiger partial charge in [0.05, 0.1) is 32.6 Å². The lowest BCUT2D eigenvalue weighted by molar-refractivity contribution is 0.158. The molecule has 1 N–H and O–H groups in total. The molecule has 0 aliphatic rings. The minimum absolute atomic E-state index is 0.168. The van der Waals surface area contributed by atoms with E-state index in [9.17, 15) is 14.7 Å². The second-order valence-electron chi connectivity index (χ2n) is 8.28. The van der Waals surface area contributed by atoms with E-state index >= 15 is 0 Å². The van der Waals surface area contributed by atoms with Gasteiger partial charge in [0.15, 0.2) is 22.7 Å². The Labute approximate surface area is 199 Å².